The normalized spacial score (nSPS) is 43.1. The smallest absolute Gasteiger partial charge is 0.243 e. The molecule has 0 aromatic carbocycles. The molecule has 0 aromatic heterocycles. The molecule has 64 valence electrons. The summed E-state index contributed by atoms with van der Waals surface area (Å²) < 4.78 is -0.251. The predicted molar refractivity (Wildman–Crippen MR) is 46.3 cm³/mol. The Hall–Kier alpha value is -0.690. The topological polar surface area (TPSA) is 44.1 Å². The number of fused-ring (bicyclic) bond motifs is 1. The summed E-state index contributed by atoms with van der Waals surface area (Å²) in [6.07, 6.45) is 0.466. The molecule has 0 aliphatic carbocycles. The number of thioether (sulfide) groups is 1. The summed E-state index contributed by atoms with van der Waals surface area (Å²) in [5, 5.41) is 8.61. The average molecular weight is 182 g/mol. The van der Waals surface area contributed by atoms with E-state index in [1.54, 1.807) is 16.7 Å². The maximum Gasteiger partial charge on any atom is 0.243 e. The SMILES string of the molecule is CCN1C(=O)C2(C)SC12CC#N. The van der Waals surface area contributed by atoms with Crippen LogP contribution in [0.15, 0.2) is 0 Å². The molecule has 0 aromatic rings. The van der Waals surface area contributed by atoms with Crippen molar-refractivity contribution in [3.05, 3.63) is 0 Å². The first-order valence-corrected chi connectivity index (χ1v) is 4.83. The Labute approximate surface area is 75.7 Å². The second-order valence-corrected chi connectivity index (χ2v) is 5.00. The lowest BCUT2D eigenvalue weighted by Gasteiger charge is -2.41. The van der Waals surface area contributed by atoms with Gasteiger partial charge in [0.2, 0.25) is 5.91 Å². The van der Waals surface area contributed by atoms with E-state index in [0.29, 0.717) is 6.42 Å². The number of carbonyl (C=O) groups is 1. The van der Waals surface area contributed by atoms with Gasteiger partial charge in [0.05, 0.1) is 12.5 Å². The quantitative estimate of drug-likeness (QED) is 0.472. The van der Waals surface area contributed by atoms with Crippen LogP contribution in [-0.4, -0.2) is 27.0 Å². The molecule has 3 nitrogen and oxygen atoms in total. The van der Waals surface area contributed by atoms with Crippen LogP contribution in [0.1, 0.15) is 20.3 Å². The third-order valence-electron chi connectivity index (χ3n) is 2.80. The van der Waals surface area contributed by atoms with Gasteiger partial charge in [-0.2, -0.15) is 5.26 Å². The molecule has 2 aliphatic heterocycles. The van der Waals surface area contributed by atoms with E-state index in [9.17, 15) is 4.79 Å². The van der Waals surface area contributed by atoms with Gasteiger partial charge in [0.1, 0.15) is 9.62 Å². The molecule has 2 aliphatic rings. The standard InChI is InChI=1S/C8H10N2OS/c1-3-10-6(11)7(2)8(10,12-7)4-5-9/h3-4H2,1-2H3. The van der Waals surface area contributed by atoms with Gasteiger partial charge in [-0.3, -0.25) is 4.79 Å². The number of carbonyl (C=O) groups excluding carboxylic acids is 1. The Morgan fingerprint density at radius 3 is 2.83 bits per heavy atom. The minimum atomic E-state index is -0.251. The molecule has 0 N–H and O–H groups in total. The van der Waals surface area contributed by atoms with Crippen molar-refractivity contribution in [1.82, 2.24) is 4.90 Å². The number of likely N-dealkylation sites (tertiary alicyclic amines) is 1. The first kappa shape index (κ1) is 7.93. The summed E-state index contributed by atoms with van der Waals surface area (Å²) in [4.78, 5) is 13.1. The summed E-state index contributed by atoms with van der Waals surface area (Å²) in [7, 11) is 0. The van der Waals surface area contributed by atoms with Gasteiger partial charge in [-0.15, -0.1) is 11.8 Å². The monoisotopic (exact) mass is 182 g/mol. The summed E-state index contributed by atoms with van der Waals surface area (Å²) in [5.74, 6) is 0.199. The number of nitriles is 1. The van der Waals surface area contributed by atoms with E-state index in [0.717, 1.165) is 6.54 Å². The van der Waals surface area contributed by atoms with Gasteiger partial charge in [-0.05, 0) is 13.8 Å². The van der Waals surface area contributed by atoms with Crippen LogP contribution in [0.3, 0.4) is 0 Å². The second-order valence-electron chi connectivity index (χ2n) is 3.30. The van der Waals surface area contributed by atoms with E-state index < -0.39 is 0 Å². The highest BCUT2D eigenvalue weighted by atomic mass is 32.2. The molecule has 2 fully saturated rings. The highest BCUT2D eigenvalue weighted by Gasteiger charge is 2.83. The molecule has 1 amide bonds. The number of β-lactam (4-membered cyclic amide) rings is 1. The zero-order chi connectivity index (χ0) is 8.98. The van der Waals surface area contributed by atoms with Crippen molar-refractivity contribution in [1.29, 1.82) is 5.26 Å². The predicted octanol–water partition coefficient (Wildman–Crippen LogP) is 0.964. The summed E-state index contributed by atoms with van der Waals surface area (Å²) in [6.45, 7) is 4.61. The van der Waals surface area contributed by atoms with E-state index in [4.69, 9.17) is 5.26 Å². The van der Waals surface area contributed by atoms with Crippen LogP contribution >= 0.6 is 11.8 Å². The highest BCUT2D eigenvalue weighted by Crippen LogP contribution is 2.74. The number of hydrogen-bond donors (Lipinski definition) is 0. The van der Waals surface area contributed by atoms with Gasteiger partial charge in [-0.25, -0.2) is 0 Å². The van der Waals surface area contributed by atoms with Crippen molar-refractivity contribution in [3.63, 3.8) is 0 Å². The van der Waals surface area contributed by atoms with E-state index in [-0.39, 0.29) is 15.5 Å². The Bertz CT molecular complexity index is 298. The van der Waals surface area contributed by atoms with E-state index >= 15 is 0 Å². The van der Waals surface area contributed by atoms with Gasteiger partial charge in [0, 0.05) is 6.54 Å². The van der Waals surface area contributed by atoms with Crippen molar-refractivity contribution in [3.8, 4) is 6.07 Å². The van der Waals surface area contributed by atoms with E-state index in [2.05, 4.69) is 6.07 Å². The lowest BCUT2D eigenvalue weighted by molar-refractivity contribution is -0.147. The van der Waals surface area contributed by atoms with Crippen molar-refractivity contribution in [2.45, 2.75) is 29.9 Å². The van der Waals surface area contributed by atoms with Gasteiger partial charge in [-0.1, -0.05) is 0 Å². The molecule has 0 saturated carbocycles. The molecular formula is C8H10N2OS. The van der Waals surface area contributed by atoms with Crippen LogP contribution < -0.4 is 0 Å². The Balaban J connectivity index is 2.22. The van der Waals surface area contributed by atoms with Crippen LogP contribution in [0.4, 0.5) is 0 Å². The molecule has 2 heterocycles. The van der Waals surface area contributed by atoms with Crippen LogP contribution in [0.25, 0.3) is 0 Å². The minimum absolute atomic E-state index is 0.145. The summed E-state index contributed by atoms with van der Waals surface area (Å²) >= 11 is 1.63. The molecule has 2 saturated heterocycles. The number of nitrogens with zero attached hydrogens (tertiary/aromatic N) is 2. The van der Waals surface area contributed by atoms with Crippen LogP contribution in [0.2, 0.25) is 0 Å². The average Bonchev–Trinajstić information content (AvgIpc) is 2.55. The van der Waals surface area contributed by atoms with Crippen molar-refractivity contribution in [2.24, 2.45) is 0 Å². The van der Waals surface area contributed by atoms with Gasteiger partial charge < -0.3 is 4.90 Å². The molecule has 0 bridgehead atoms. The second kappa shape index (κ2) is 1.97. The third-order valence-corrected chi connectivity index (χ3v) is 4.63. The minimum Gasteiger partial charge on any atom is -0.324 e. The molecule has 2 atom stereocenters. The van der Waals surface area contributed by atoms with Gasteiger partial charge >= 0.3 is 0 Å². The fraction of sp³-hybridized carbons (Fsp3) is 0.750. The zero-order valence-electron chi connectivity index (χ0n) is 7.13. The van der Waals surface area contributed by atoms with Crippen LogP contribution in [-0.2, 0) is 4.79 Å². The first-order chi connectivity index (χ1) is 5.62. The van der Waals surface area contributed by atoms with Crippen LogP contribution in [0, 0.1) is 11.3 Å². The van der Waals surface area contributed by atoms with Crippen molar-refractivity contribution < 1.29 is 4.79 Å². The molecular weight excluding hydrogens is 172 g/mol. The van der Waals surface area contributed by atoms with E-state index in [1.165, 1.54) is 0 Å². The van der Waals surface area contributed by atoms with Gasteiger partial charge in [0.15, 0.2) is 0 Å². The van der Waals surface area contributed by atoms with Gasteiger partial charge in [0.25, 0.3) is 0 Å². The summed E-state index contributed by atoms with van der Waals surface area (Å²) in [6, 6.07) is 2.15. The molecule has 2 rings (SSSR count). The number of amides is 1. The Kier molecular flexibility index (Phi) is 1.30. The Morgan fingerprint density at radius 2 is 2.42 bits per heavy atom. The maximum atomic E-state index is 11.4. The molecule has 0 spiro atoms. The molecule has 4 heteroatoms. The lowest BCUT2D eigenvalue weighted by atomic mass is 9.87. The number of hydrogen-bond acceptors (Lipinski definition) is 3. The lowest BCUT2D eigenvalue weighted by Crippen LogP contribution is -2.62. The maximum absolute atomic E-state index is 11.4. The Morgan fingerprint density at radius 1 is 1.75 bits per heavy atom. The largest absolute Gasteiger partial charge is 0.324 e. The fourth-order valence-electron chi connectivity index (χ4n) is 2.01. The molecule has 2 unspecified atom stereocenters. The highest BCUT2D eigenvalue weighted by molar-refractivity contribution is 8.11. The van der Waals surface area contributed by atoms with Crippen molar-refractivity contribution in [2.75, 3.05) is 6.54 Å². The fourth-order valence-corrected chi connectivity index (χ4v) is 3.56. The van der Waals surface area contributed by atoms with Crippen molar-refractivity contribution >= 4 is 17.7 Å². The zero-order valence-corrected chi connectivity index (χ0v) is 7.94. The van der Waals surface area contributed by atoms with E-state index in [1.807, 2.05) is 13.8 Å². The summed E-state index contributed by atoms with van der Waals surface area (Å²) in [5.41, 5.74) is 0. The first-order valence-electron chi connectivity index (χ1n) is 4.01. The third kappa shape index (κ3) is 0.546. The van der Waals surface area contributed by atoms with Crippen LogP contribution in [0.5, 0.6) is 0 Å². The molecule has 0 radical (unpaired) electrons. The number of rotatable bonds is 2. The molecule has 12 heavy (non-hydrogen) atoms.